The molecule has 4 rings (SSSR count). The van der Waals surface area contributed by atoms with Gasteiger partial charge in [-0.05, 0) is 74.7 Å². The zero-order valence-corrected chi connectivity index (χ0v) is 40.4. The maximum absolute atomic E-state index is 13.2. The molecule has 0 saturated heterocycles. The van der Waals surface area contributed by atoms with Crippen molar-refractivity contribution >= 4 is 35.4 Å². The Morgan fingerprint density at radius 1 is 0.588 bits per heavy atom. The van der Waals surface area contributed by atoms with Crippen LogP contribution in [0, 0.1) is 10.8 Å². The van der Waals surface area contributed by atoms with Crippen LogP contribution in [-0.4, -0.2) is 105 Å². The molecule has 2 heterocycles. The summed E-state index contributed by atoms with van der Waals surface area (Å²) < 4.78 is 20.2. The molecule has 0 amide bonds. The van der Waals surface area contributed by atoms with E-state index in [0.29, 0.717) is 11.1 Å². The Kier molecular flexibility index (Phi) is 19.9. The third-order valence-electron chi connectivity index (χ3n) is 11.4. The summed E-state index contributed by atoms with van der Waals surface area (Å²) in [7, 11) is 1.00. The average Bonchev–Trinajstić information content (AvgIpc) is 3.80. The minimum absolute atomic E-state index is 0.175. The minimum Gasteiger partial charge on any atom is -0.502 e. The quantitative estimate of drug-likeness (QED) is 0.0591. The third kappa shape index (κ3) is 14.9. The van der Waals surface area contributed by atoms with Crippen LogP contribution in [0.4, 0.5) is 0 Å². The van der Waals surface area contributed by atoms with E-state index in [4.69, 9.17) is 24.1 Å². The molecule has 15 heteroatoms. The lowest BCUT2D eigenvalue weighted by Crippen LogP contribution is -2.43. The number of esters is 4. The molecule has 0 aromatic heterocycles. The topological polar surface area (TPSA) is 240 Å². The van der Waals surface area contributed by atoms with E-state index in [1.165, 1.54) is 0 Å². The van der Waals surface area contributed by atoms with Crippen molar-refractivity contribution in [2.24, 2.45) is 10.8 Å². The maximum atomic E-state index is 13.2. The van der Waals surface area contributed by atoms with Crippen LogP contribution in [0.3, 0.4) is 0 Å². The number of ketones is 2. The highest BCUT2D eigenvalue weighted by atomic mass is 16.6. The first kappa shape index (κ1) is 55.6. The molecule has 2 aliphatic heterocycles. The second kappa shape index (κ2) is 24.4. The smallest absolute Gasteiger partial charge is 0.373 e. The number of hydrogen-bond acceptors (Lipinski definition) is 15. The van der Waals surface area contributed by atoms with E-state index in [1.54, 1.807) is 13.8 Å². The summed E-state index contributed by atoms with van der Waals surface area (Å²) in [4.78, 5) is 74.5. The van der Waals surface area contributed by atoms with E-state index in [9.17, 15) is 49.2 Å². The lowest BCUT2D eigenvalue weighted by atomic mass is 9.71. The van der Waals surface area contributed by atoms with Gasteiger partial charge in [0, 0.05) is 32.1 Å². The Morgan fingerprint density at radius 2 is 0.897 bits per heavy atom. The van der Waals surface area contributed by atoms with Crippen LogP contribution in [0.2, 0.25) is 0 Å². The number of cyclic esters (lactones) is 2. The van der Waals surface area contributed by atoms with E-state index in [1.807, 2.05) is 140 Å². The van der Waals surface area contributed by atoms with Gasteiger partial charge in [-0.3, -0.25) is 9.59 Å². The number of Topliss-reactive ketones (excluding diaryl/α,β-unsaturated/α-hetero) is 2. The molecule has 0 radical (unpaired) electrons. The van der Waals surface area contributed by atoms with Crippen LogP contribution in [-0.2, 0) is 47.7 Å². The van der Waals surface area contributed by atoms with Crippen LogP contribution in [0.15, 0.2) is 153 Å². The molecular formula is C53H64O15. The predicted molar refractivity (Wildman–Crippen MR) is 254 cm³/mol. The Balaban J connectivity index is 0.00000604. The number of allylic oxidation sites excluding steroid dienone is 20. The fraction of sp³-hybridized carbons (Fsp3) is 0.396. The zero-order chi connectivity index (χ0) is 51.3. The van der Waals surface area contributed by atoms with Crippen molar-refractivity contribution < 1.29 is 73.2 Å². The van der Waals surface area contributed by atoms with E-state index in [2.05, 4.69) is 0 Å². The molecule has 0 fully saturated rings. The van der Waals surface area contributed by atoms with Gasteiger partial charge < -0.3 is 44.5 Å². The van der Waals surface area contributed by atoms with E-state index in [-0.39, 0.29) is 12.8 Å². The first-order valence-corrected chi connectivity index (χ1v) is 21.9. The van der Waals surface area contributed by atoms with Crippen molar-refractivity contribution in [1.29, 1.82) is 0 Å². The molecule has 5 N–H and O–H groups in total. The number of carbonyl (C=O) groups excluding carboxylic acids is 6. The molecule has 0 bridgehead atoms. The second-order valence-electron chi connectivity index (χ2n) is 18.0. The van der Waals surface area contributed by atoms with E-state index in [0.717, 1.165) is 52.7 Å². The number of rotatable bonds is 16. The van der Waals surface area contributed by atoms with Crippen molar-refractivity contribution in [3.63, 3.8) is 0 Å². The minimum atomic E-state index is -1.89. The molecule has 2 aliphatic carbocycles. The van der Waals surface area contributed by atoms with Crippen molar-refractivity contribution in [1.82, 2.24) is 0 Å². The van der Waals surface area contributed by atoms with Gasteiger partial charge in [0.05, 0.1) is 0 Å². The Bertz CT molecular complexity index is 2250. The fourth-order valence-electron chi connectivity index (χ4n) is 7.64. The molecule has 0 aromatic rings. The Morgan fingerprint density at radius 3 is 1.21 bits per heavy atom. The van der Waals surface area contributed by atoms with Crippen LogP contribution < -0.4 is 0 Å². The van der Waals surface area contributed by atoms with Crippen molar-refractivity contribution in [2.75, 3.05) is 7.11 Å². The Hall–Kier alpha value is -6.68. The summed E-state index contributed by atoms with van der Waals surface area (Å²) >= 11 is 0. The molecule has 15 nitrogen and oxygen atoms in total. The summed E-state index contributed by atoms with van der Waals surface area (Å²) in [6.07, 6.45) is 20.5. The van der Waals surface area contributed by atoms with E-state index < -0.39 is 94.4 Å². The van der Waals surface area contributed by atoms with Crippen LogP contribution in [0.1, 0.15) is 82.1 Å². The predicted octanol–water partition coefficient (Wildman–Crippen LogP) is 7.07. The van der Waals surface area contributed by atoms with Gasteiger partial charge in [-0.15, -0.1) is 0 Å². The number of hydrogen-bond donors (Lipinski definition) is 5. The normalized spacial score (nSPS) is 24.7. The van der Waals surface area contributed by atoms with E-state index >= 15 is 0 Å². The molecule has 0 aromatic carbocycles. The van der Waals surface area contributed by atoms with Gasteiger partial charge in [0.25, 0.3) is 0 Å². The van der Waals surface area contributed by atoms with Gasteiger partial charge in [0.1, 0.15) is 0 Å². The van der Waals surface area contributed by atoms with Gasteiger partial charge in [0.15, 0.2) is 48.2 Å². The van der Waals surface area contributed by atoms with Gasteiger partial charge in [-0.25, -0.2) is 19.2 Å². The molecule has 0 saturated carbocycles. The SMILES string of the molecule is CC1=C(/C=C/C(C)=C/C=C/C(C)=C/C=C/C=C(C)/C=C/C=C(C)/C=C/C2=C(C)C(=O)C(OC(=O)C(O)C3C=C(O)C(=O)O3)CC2(C)C)C(C)(C)CC(OC(=O)C(O)C2C=C(O)C(=O)O2)C1=O.CO. The fourth-order valence-corrected chi connectivity index (χ4v) is 7.64. The van der Waals surface area contributed by atoms with Crippen molar-refractivity contribution in [3.8, 4) is 0 Å². The number of aliphatic hydroxyl groups excluding tert-OH is 5. The average molecular weight is 941 g/mol. The van der Waals surface area contributed by atoms with Crippen molar-refractivity contribution in [2.45, 2.75) is 119 Å². The first-order chi connectivity index (χ1) is 31.8. The van der Waals surface area contributed by atoms with Crippen molar-refractivity contribution in [3.05, 3.63) is 153 Å². The number of aliphatic hydroxyl groups is 5. The molecule has 0 spiro atoms. The lowest BCUT2D eigenvalue weighted by Gasteiger charge is -2.36. The summed E-state index contributed by atoms with van der Waals surface area (Å²) in [6.45, 7) is 18.9. The zero-order valence-electron chi connectivity index (χ0n) is 40.4. The third-order valence-corrected chi connectivity index (χ3v) is 11.4. The summed E-state index contributed by atoms with van der Waals surface area (Å²) in [5.74, 6) is -6.59. The molecule has 4 aliphatic rings. The molecule has 6 unspecified atom stereocenters. The van der Waals surface area contributed by atoms with Gasteiger partial charge in [-0.1, -0.05) is 135 Å². The van der Waals surface area contributed by atoms with Gasteiger partial charge >= 0.3 is 23.9 Å². The maximum Gasteiger partial charge on any atom is 0.373 e. The van der Waals surface area contributed by atoms with Gasteiger partial charge in [0.2, 0.25) is 11.5 Å². The highest BCUT2D eigenvalue weighted by Gasteiger charge is 2.44. The standard InChI is InChI=1S/C52H60O14.CH4O/c1-29(17-13-19-31(3)21-23-35-33(5)43(55)41(27-51(35,7)8)65-49(61)45(57)39-25-37(53)47(59)63-39)15-11-12-16-30(2)18-14-20-32(4)22-24-36-34(6)44(56)42(28-52(36,9)10)66-50(62)46(58)40-26-38(54)48(60)64-40;1-2/h11-26,39-42,45-46,53-54,57-58H,27-28H2,1-10H3;2H,1H3/b12-11+,17-13+,18-14+,23-21+,24-22+,29-15+,30-16+,31-19+,32-20+;. The first-order valence-electron chi connectivity index (χ1n) is 21.9. The molecular weight excluding hydrogens is 877 g/mol. The summed E-state index contributed by atoms with van der Waals surface area (Å²) in [5, 5.41) is 46.5. The largest absolute Gasteiger partial charge is 0.502 e. The number of ether oxygens (including phenoxy) is 4. The monoisotopic (exact) mass is 940 g/mol. The Labute approximate surface area is 397 Å². The van der Waals surface area contributed by atoms with Gasteiger partial charge in [-0.2, -0.15) is 0 Å². The second-order valence-corrected chi connectivity index (χ2v) is 18.0. The molecule has 366 valence electrons. The highest BCUT2D eigenvalue weighted by Crippen LogP contribution is 2.42. The highest BCUT2D eigenvalue weighted by molar-refractivity contribution is 6.03. The molecule has 6 atom stereocenters. The summed E-state index contributed by atoms with van der Waals surface area (Å²) in [5.41, 5.74) is 5.25. The van der Waals surface area contributed by atoms with Crippen LogP contribution in [0.25, 0.3) is 0 Å². The summed E-state index contributed by atoms with van der Waals surface area (Å²) in [6, 6.07) is 0. The van der Waals surface area contributed by atoms with Crippen LogP contribution in [0.5, 0.6) is 0 Å². The van der Waals surface area contributed by atoms with Crippen LogP contribution >= 0.6 is 0 Å². The molecule has 68 heavy (non-hydrogen) atoms. The lowest BCUT2D eigenvalue weighted by molar-refractivity contribution is -0.171. The number of carbonyl (C=O) groups is 6.